The van der Waals surface area contributed by atoms with Gasteiger partial charge in [-0.15, -0.1) is 0 Å². The lowest BCUT2D eigenvalue weighted by Gasteiger charge is -2.26. The highest BCUT2D eigenvalue weighted by atomic mass is 32.2. The number of ether oxygens (including phenoxy) is 1. The molecule has 0 aliphatic carbocycles. The highest BCUT2D eigenvalue weighted by molar-refractivity contribution is 7.85. The molecule has 1 saturated heterocycles. The van der Waals surface area contributed by atoms with Gasteiger partial charge in [0.2, 0.25) is 0 Å². The van der Waals surface area contributed by atoms with Crippen LogP contribution in [0.15, 0.2) is 77.7 Å². The maximum atomic E-state index is 13.0. The number of hydrogen-bond donors (Lipinski definition) is 1. The number of benzene rings is 3. The van der Waals surface area contributed by atoms with Crippen LogP contribution in [-0.2, 0) is 28.3 Å². The van der Waals surface area contributed by atoms with Gasteiger partial charge >= 0.3 is 6.18 Å². The molecule has 3 aromatic carbocycles. The molecule has 1 N–H and O–H groups in total. The van der Waals surface area contributed by atoms with Gasteiger partial charge in [-0.2, -0.15) is 13.2 Å². The Hall–Kier alpha value is -3.17. The summed E-state index contributed by atoms with van der Waals surface area (Å²) < 4.78 is 56.2. The van der Waals surface area contributed by atoms with E-state index < -0.39 is 22.5 Å². The number of carbonyl (C=O) groups excluding carboxylic acids is 1. The van der Waals surface area contributed by atoms with Gasteiger partial charge in [0.1, 0.15) is 0 Å². The lowest BCUT2D eigenvalue weighted by atomic mass is 9.95. The highest BCUT2D eigenvalue weighted by Crippen LogP contribution is 2.37. The van der Waals surface area contributed by atoms with Crippen molar-refractivity contribution < 1.29 is 26.9 Å². The van der Waals surface area contributed by atoms with Crippen LogP contribution in [0.2, 0.25) is 0 Å². The van der Waals surface area contributed by atoms with Crippen molar-refractivity contribution in [2.75, 3.05) is 30.9 Å². The number of rotatable bonds is 9. The fourth-order valence-corrected chi connectivity index (χ4v) is 5.56. The predicted molar refractivity (Wildman–Crippen MR) is 143 cm³/mol. The molecule has 0 aromatic heterocycles. The molecule has 1 fully saturated rings. The average Bonchev–Trinajstić information content (AvgIpc) is 3.35. The van der Waals surface area contributed by atoms with Crippen molar-refractivity contribution in [3.05, 3.63) is 95.1 Å². The molecule has 0 radical (unpaired) electrons. The smallest absolute Gasteiger partial charge is 0.383 e. The normalized spacial score (nSPS) is 18.4. The monoisotopic (exact) mass is 544 g/mol. The predicted octanol–water partition coefficient (Wildman–Crippen LogP) is 5.77. The van der Waals surface area contributed by atoms with Crippen molar-refractivity contribution in [3.8, 4) is 0 Å². The summed E-state index contributed by atoms with van der Waals surface area (Å²) in [5, 5.41) is 2.91. The quantitative estimate of drug-likeness (QED) is 0.372. The van der Waals surface area contributed by atoms with Gasteiger partial charge < -0.3 is 15.0 Å². The largest absolute Gasteiger partial charge is 0.416 e. The number of nitrogens with one attached hydrogen (secondary N) is 1. The van der Waals surface area contributed by atoms with Gasteiger partial charge in [0.05, 0.1) is 29.0 Å². The first kappa shape index (κ1) is 27.9. The molecule has 38 heavy (non-hydrogen) atoms. The third-order valence-corrected chi connectivity index (χ3v) is 8.17. The van der Waals surface area contributed by atoms with E-state index in [-0.39, 0.29) is 17.9 Å². The number of halogens is 3. The van der Waals surface area contributed by atoms with Gasteiger partial charge in [-0.25, -0.2) is 0 Å². The Morgan fingerprint density at radius 3 is 2.26 bits per heavy atom. The summed E-state index contributed by atoms with van der Waals surface area (Å²) in [6.07, 6.45) is -3.60. The van der Waals surface area contributed by atoms with Gasteiger partial charge in [0.15, 0.2) is 0 Å². The Labute approximate surface area is 223 Å². The van der Waals surface area contributed by atoms with Crippen molar-refractivity contribution in [2.24, 2.45) is 0 Å². The topological polar surface area (TPSA) is 58.6 Å². The summed E-state index contributed by atoms with van der Waals surface area (Å²) in [5.41, 5.74) is 2.59. The van der Waals surface area contributed by atoms with E-state index in [2.05, 4.69) is 10.2 Å². The van der Waals surface area contributed by atoms with Crippen LogP contribution in [0.3, 0.4) is 0 Å². The van der Waals surface area contributed by atoms with Crippen LogP contribution in [0.4, 0.5) is 18.9 Å². The lowest BCUT2D eigenvalue weighted by Crippen LogP contribution is -2.32. The van der Waals surface area contributed by atoms with Crippen LogP contribution in [0.25, 0.3) is 0 Å². The van der Waals surface area contributed by atoms with Crippen molar-refractivity contribution >= 4 is 22.4 Å². The van der Waals surface area contributed by atoms with Crippen LogP contribution in [0.5, 0.6) is 0 Å². The minimum Gasteiger partial charge on any atom is -0.383 e. The van der Waals surface area contributed by atoms with Crippen LogP contribution < -0.4 is 10.2 Å². The van der Waals surface area contributed by atoms with Gasteiger partial charge in [-0.05, 0) is 66.1 Å². The molecule has 5 nitrogen and oxygen atoms in total. The molecule has 202 valence electrons. The Morgan fingerprint density at radius 2 is 1.68 bits per heavy atom. The van der Waals surface area contributed by atoms with E-state index in [9.17, 15) is 22.2 Å². The van der Waals surface area contributed by atoms with E-state index in [4.69, 9.17) is 4.74 Å². The second-order valence-electron chi connectivity index (χ2n) is 9.32. The fraction of sp³-hybridized carbons (Fsp3) is 0.345. The molecule has 4 rings (SSSR count). The number of methoxy groups -OCH3 is 1. The molecule has 3 aromatic rings. The Bertz CT molecular complexity index is 1250. The number of carbonyl (C=O) groups is 1. The zero-order valence-corrected chi connectivity index (χ0v) is 22.1. The molecule has 3 atom stereocenters. The molecule has 3 unspecified atom stereocenters. The molecule has 0 spiro atoms. The van der Waals surface area contributed by atoms with E-state index >= 15 is 0 Å². The van der Waals surface area contributed by atoms with Crippen LogP contribution >= 0.6 is 0 Å². The Kier molecular flexibility index (Phi) is 8.89. The Morgan fingerprint density at radius 1 is 1.03 bits per heavy atom. The first-order chi connectivity index (χ1) is 18.2. The fourth-order valence-electron chi connectivity index (χ4n) is 4.78. The molecule has 1 amide bonds. The number of alkyl halides is 3. The first-order valence-corrected chi connectivity index (χ1v) is 13.8. The summed E-state index contributed by atoms with van der Waals surface area (Å²) in [5.74, 6) is 0.433. The standard InChI is InChI=1S/C29H31F3N2O3S/c1-3-38(36)27-14-4-20(5-15-27)17-33-28(35)22-8-12-25(13-9-22)34-18-23(16-26(34)19-37-2)21-6-10-24(11-7-21)29(30,31)32/h4-15,23,26H,3,16-19H2,1-2H3,(H,33,35). The SMILES string of the molecule is CCS(=O)c1ccc(CNC(=O)c2ccc(N3CC(c4ccc(C(F)(F)F)cc4)CC3COC)cc2)cc1. The number of amides is 1. The third kappa shape index (κ3) is 6.63. The minimum absolute atomic E-state index is 0.0666. The summed E-state index contributed by atoms with van der Waals surface area (Å²) in [7, 11) is 0.626. The zero-order chi connectivity index (χ0) is 27.3. The maximum absolute atomic E-state index is 13.0. The molecule has 1 aliphatic rings. The highest BCUT2D eigenvalue weighted by Gasteiger charge is 2.34. The summed E-state index contributed by atoms with van der Waals surface area (Å²) in [6, 6.07) is 20.2. The lowest BCUT2D eigenvalue weighted by molar-refractivity contribution is -0.137. The van der Waals surface area contributed by atoms with Crippen molar-refractivity contribution in [2.45, 2.75) is 42.9 Å². The number of anilines is 1. The van der Waals surface area contributed by atoms with E-state index in [0.717, 1.165) is 40.3 Å². The van der Waals surface area contributed by atoms with E-state index in [1.165, 1.54) is 0 Å². The second kappa shape index (κ2) is 12.1. The Balaban J connectivity index is 1.39. The number of hydrogen-bond acceptors (Lipinski definition) is 4. The van der Waals surface area contributed by atoms with Crippen LogP contribution in [0.1, 0.15) is 46.3 Å². The van der Waals surface area contributed by atoms with Gasteiger partial charge in [0.25, 0.3) is 5.91 Å². The van der Waals surface area contributed by atoms with Crippen LogP contribution in [-0.4, -0.2) is 42.2 Å². The summed E-state index contributed by atoms with van der Waals surface area (Å²) in [6.45, 7) is 3.36. The summed E-state index contributed by atoms with van der Waals surface area (Å²) in [4.78, 5) is 15.7. The maximum Gasteiger partial charge on any atom is 0.416 e. The van der Waals surface area contributed by atoms with E-state index in [1.54, 1.807) is 31.4 Å². The molecular weight excluding hydrogens is 513 g/mol. The average molecular weight is 545 g/mol. The van der Waals surface area contributed by atoms with E-state index in [0.29, 0.717) is 31.0 Å². The van der Waals surface area contributed by atoms with E-state index in [1.807, 2.05) is 43.3 Å². The minimum atomic E-state index is -4.35. The first-order valence-electron chi connectivity index (χ1n) is 12.5. The van der Waals surface area contributed by atoms with Crippen molar-refractivity contribution in [3.63, 3.8) is 0 Å². The molecular formula is C29H31F3N2O3S. The number of nitrogens with zero attached hydrogens (tertiary/aromatic N) is 1. The van der Waals surface area contributed by atoms with Gasteiger partial charge in [0, 0.05) is 48.0 Å². The second-order valence-corrected chi connectivity index (χ2v) is 11.1. The molecule has 0 saturated carbocycles. The summed E-state index contributed by atoms with van der Waals surface area (Å²) >= 11 is 0. The van der Waals surface area contributed by atoms with Gasteiger partial charge in [-0.1, -0.05) is 31.2 Å². The molecule has 1 heterocycles. The van der Waals surface area contributed by atoms with Crippen molar-refractivity contribution in [1.29, 1.82) is 0 Å². The van der Waals surface area contributed by atoms with Crippen molar-refractivity contribution in [1.82, 2.24) is 5.32 Å². The van der Waals surface area contributed by atoms with Crippen LogP contribution in [0, 0.1) is 0 Å². The third-order valence-electron chi connectivity index (χ3n) is 6.85. The molecule has 1 aliphatic heterocycles. The zero-order valence-electron chi connectivity index (χ0n) is 21.3. The van der Waals surface area contributed by atoms with Gasteiger partial charge in [-0.3, -0.25) is 9.00 Å². The molecule has 9 heteroatoms. The molecule has 0 bridgehead atoms.